The third-order valence-electron chi connectivity index (χ3n) is 6.57. The Hall–Kier alpha value is -3.03. The van der Waals surface area contributed by atoms with E-state index >= 15 is 0 Å². The van der Waals surface area contributed by atoms with Gasteiger partial charge < -0.3 is 15.0 Å². The number of thiophene rings is 1. The zero-order valence-electron chi connectivity index (χ0n) is 20.4. The lowest BCUT2D eigenvalue weighted by atomic mass is 9.90. The molecule has 0 bridgehead atoms. The van der Waals surface area contributed by atoms with Crippen molar-refractivity contribution < 1.29 is 17.9 Å². The maximum atomic E-state index is 12.8. The van der Waals surface area contributed by atoms with Gasteiger partial charge in [0.05, 0.1) is 36.6 Å². The predicted molar refractivity (Wildman–Crippen MR) is 139 cm³/mol. The van der Waals surface area contributed by atoms with E-state index in [1.54, 1.807) is 17.8 Å². The van der Waals surface area contributed by atoms with Gasteiger partial charge in [-0.1, -0.05) is 0 Å². The molecule has 1 N–H and O–H groups in total. The van der Waals surface area contributed by atoms with Crippen molar-refractivity contribution in [2.45, 2.75) is 31.7 Å². The Morgan fingerprint density at radius 2 is 2.08 bits per heavy atom. The van der Waals surface area contributed by atoms with E-state index in [9.17, 15) is 13.2 Å². The van der Waals surface area contributed by atoms with Crippen LogP contribution in [0.2, 0.25) is 0 Å². The number of piperidine rings is 1. The second-order valence-corrected chi connectivity index (χ2v) is 12.0. The number of carbonyl (C=O) groups excluding carboxylic acids is 1. The van der Waals surface area contributed by atoms with Crippen LogP contribution in [-0.2, 0) is 21.8 Å². The van der Waals surface area contributed by atoms with Gasteiger partial charge in [-0.2, -0.15) is 5.10 Å². The second kappa shape index (κ2) is 9.79. The van der Waals surface area contributed by atoms with Crippen molar-refractivity contribution in [2.75, 3.05) is 37.8 Å². The maximum Gasteiger partial charge on any atom is 0.348 e. The van der Waals surface area contributed by atoms with Crippen molar-refractivity contribution >= 4 is 44.0 Å². The maximum absolute atomic E-state index is 12.8. The number of ether oxygens (including phenoxy) is 1. The zero-order chi connectivity index (χ0) is 25.4. The number of sulfonamides is 1. The smallest absolute Gasteiger partial charge is 0.348 e. The van der Waals surface area contributed by atoms with Gasteiger partial charge in [-0.3, -0.25) is 9.67 Å². The molecule has 3 aliphatic heterocycles. The summed E-state index contributed by atoms with van der Waals surface area (Å²) in [5.41, 5.74) is 1.96. The summed E-state index contributed by atoms with van der Waals surface area (Å²) in [6, 6.07) is 2.02. The van der Waals surface area contributed by atoms with E-state index < -0.39 is 10.0 Å². The van der Waals surface area contributed by atoms with E-state index in [0.717, 1.165) is 22.0 Å². The quantitative estimate of drug-likeness (QED) is 0.569. The lowest BCUT2D eigenvalue weighted by Gasteiger charge is -2.30. The summed E-state index contributed by atoms with van der Waals surface area (Å²) in [5, 5.41) is 8.42. The molecule has 0 amide bonds. The number of fused-ring (bicyclic) bond motifs is 1. The Morgan fingerprint density at radius 3 is 2.75 bits per heavy atom. The number of rotatable bonds is 6. The van der Waals surface area contributed by atoms with E-state index in [1.807, 2.05) is 31.7 Å². The average Bonchev–Trinajstić information content (AvgIpc) is 3.57. The summed E-state index contributed by atoms with van der Waals surface area (Å²) >= 11 is 1.33. The first-order valence-electron chi connectivity index (χ1n) is 11.8. The molecule has 3 aliphatic rings. The van der Waals surface area contributed by atoms with Crippen molar-refractivity contribution in [3.05, 3.63) is 46.9 Å². The van der Waals surface area contributed by atoms with Crippen molar-refractivity contribution in [1.82, 2.24) is 19.0 Å². The molecule has 13 heteroatoms. The molecule has 36 heavy (non-hydrogen) atoms. The average molecular weight is 532 g/mol. The number of hydrogen-bond acceptors (Lipinski definition) is 10. The minimum absolute atomic E-state index is 0.0475. The summed E-state index contributed by atoms with van der Waals surface area (Å²) in [6.45, 7) is 3.52. The van der Waals surface area contributed by atoms with Gasteiger partial charge in [-0.25, -0.2) is 22.5 Å². The second-order valence-electron chi connectivity index (χ2n) is 8.99. The number of esters is 1. The standard InChI is InChI=1S/C23H29N7O4S2/c1-4-34-23(31)20-17(15-5-8-29(9-6-15)36(3,32)33)11-19(35-20)27-21-22-25-13-18(30(22)10-7-24-21)16-12-26-28(2)14-16/h7,10-12,14-15,18H,4-6,8-9,13H2,1-3H3,(H,24,27). The Bertz CT molecular complexity index is 1350. The van der Waals surface area contributed by atoms with Crippen LogP contribution < -0.4 is 5.32 Å². The fraction of sp³-hybridized carbons (Fsp3) is 0.478. The number of anilines is 1. The highest BCUT2D eigenvalue weighted by atomic mass is 32.2. The van der Waals surface area contributed by atoms with E-state index in [2.05, 4.69) is 20.3 Å². The SMILES string of the molecule is CCOC(=O)c1sc(NC2=NC=CN3C2=NCC3c2cnn(C)c2)cc1C1CCN(S(C)(=O)=O)CC1. The molecule has 11 nitrogen and oxygen atoms in total. The minimum Gasteiger partial charge on any atom is -0.462 e. The molecule has 0 saturated carbocycles. The van der Waals surface area contributed by atoms with Gasteiger partial charge in [0, 0.05) is 44.3 Å². The van der Waals surface area contributed by atoms with E-state index in [0.29, 0.717) is 43.2 Å². The van der Waals surface area contributed by atoms with Crippen molar-refractivity contribution in [2.24, 2.45) is 17.0 Å². The summed E-state index contributed by atoms with van der Waals surface area (Å²) < 4.78 is 32.5. The van der Waals surface area contributed by atoms with Crippen molar-refractivity contribution in [3.8, 4) is 0 Å². The van der Waals surface area contributed by atoms with E-state index in [-0.39, 0.29) is 24.5 Å². The molecule has 1 saturated heterocycles. The molecular formula is C23H29N7O4S2. The Labute approximate surface area is 214 Å². The zero-order valence-corrected chi connectivity index (χ0v) is 22.0. The van der Waals surface area contributed by atoms with Gasteiger partial charge in [0.1, 0.15) is 4.88 Å². The number of carbonyl (C=O) groups is 1. The normalized spacial score (nSPS) is 20.8. The highest BCUT2D eigenvalue weighted by Gasteiger charge is 2.34. The molecule has 0 aliphatic carbocycles. The Kier molecular flexibility index (Phi) is 6.70. The van der Waals surface area contributed by atoms with Gasteiger partial charge >= 0.3 is 5.97 Å². The Balaban J connectivity index is 1.36. The third kappa shape index (κ3) is 4.82. The number of aryl methyl sites for hydroxylation is 1. The summed E-state index contributed by atoms with van der Waals surface area (Å²) in [7, 11) is -1.34. The van der Waals surface area contributed by atoms with Crippen LogP contribution in [0, 0.1) is 0 Å². The molecular weight excluding hydrogens is 502 g/mol. The molecule has 1 unspecified atom stereocenters. The van der Waals surface area contributed by atoms with Crippen LogP contribution in [0.1, 0.15) is 52.5 Å². The topological polar surface area (TPSA) is 121 Å². The molecule has 1 fully saturated rings. The van der Waals surface area contributed by atoms with Crippen LogP contribution in [0.15, 0.2) is 40.8 Å². The first-order valence-corrected chi connectivity index (χ1v) is 14.5. The van der Waals surface area contributed by atoms with Gasteiger partial charge in [0.2, 0.25) is 10.0 Å². The lowest BCUT2D eigenvalue weighted by Crippen LogP contribution is -2.37. The molecule has 5 heterocycles. The third-order valence-corrected chi connectivity index (χ3v) is 8.92. The molecule has 192 valence electrons. The highest BCUT2D eigenvalue weighted by Crippen LogP contribution is 2.39. The highest BCUT2D eigenvalue weighted by molar-refractivity contribution is 7.88. The van der Waals surface area contributed by atoms with Crippen LogP contribution in [-0.4, -0.2) is 77.5 Å². The van der Waals surface area contributed by atoms with Crippen molar-refractivity contribution in [3.63, 3.8) is 0 Å². The number of amidine groups is 2. The van der Waals surface area contributed by atoms with Crippen LogP contribution in [0.5, 0.6) is 0 Å². The fourth-order valence-electron chi connectivity index (χ4n) is 4.81. The number of nitrogens with one attached hydrogen (secondary N) is 1. The van der Waals surface area contributed by atoms with Crippen molar-refractivity contribution in [1.29, 1.82) is 0 Å². The molecule has 1 atom stereocenters. The van der Waals surface area contributed by atoms with Gasteiger partial charge in [-0.05, 0) is 37.3 Å². The number of nitrogens with zero attached hydrogens (tertiary/aromatic N) is 6. The van der Waals surface area contributed by atoms with Gasteiger partial charge in [-0.15, -0.1) is 11.3 Å². The Morgan fingerprint density at radius 1 is 1.31 bits per heavy atom. The monoisotopic (exact) mass is 531 g/mol. The number of aliphatic imine (C=N–C) groups is 2. The number of aromatic nitrogens is 2. The van der Waals surface area contributed by atoms with Crippen LogP contribution in [0.25, 0.3) is 0 Å². The molecule has 0 aromatic carbocycles. The summed E-state index contributed by atoms with van der Waals surface area (Å²) in [6.07, 6.45) is 10.0. The minimum atomic E-state index is -3.23. The van der Waals surface area contributed by atoms with Crippen LogP contribution in [0.4, 0.5) is 5.00 Å². The summed E-state index contributed by atoms with van der Waals surface area (Å²) in [5.74, 6) is 1.05. The fourth-order valence-corrected chi connectivity index (χ4v) is 6.72. The van der Waals surface area contributed by atoms with E-state index in [1.165, 1.54) is 21.9 Å². The first kappa shape index (κ1) is 24.7. The predicted octanol–water partition coefficient (Wildman–Crippen LogP) is 2.55. The molecule has 2 aromatic rings. The van der Waals surface area contributed by atoms with E-state index in [4.69, 9.17) is 9.73 Å². The molecule has 2 aromatic heterocycles. The molecule has 0 spiro atoms. The number of hydrogen-bond donors (Lipinski definition) is 1. The largest absolute Gasteiger partial charge is 0.462 e. The van der Waals surface area contributed by atoms with Crippen LogP contribution >= 0.6 is 11.3 Å². The van der Waals surface area contributed by atoms with Gasteiger partial charge in [0.25, 0.3) is 0 Å². The van der Waals surface area contributed by atoms with Crippen LogP contribution in [0.3, 0.4) is 0 Å². The molecule has 5 rings (SSSR count). The summed E-state index contributed by atoms with van der Waals surface area (Å²) in [4.78, 5) is 24.7. The first-order chi connectivity index (χ1) is 17.2. The lowest BCUT2D eigenvalue weighted by molar-refractivity contribution is 0.0530. The van der Waals surface area contributed by atoms with Gasteiger partial charge in [0.15, 0.2) is 11.7 Å². The molecule has 0 radical (unpaired) electrons.